The molecule has 1 unspecified atom stereocenters. The second-order valence-corrected chi connectivity index (χ2v) is 4.92. The van der Waals surface area contributed by atoms with Crippen LogP contribution >= 0.6 is 0 Å². The second kappa shape index (κ2) is 6.32. The fourth-order valence-corrected chi connectivity index (χ4v) is 2.75. The summed E-state index contributed by atoms with van der Waals surface area (Å²) in [6.07, 6.45) is 1.28. The third-order valence-corrected chi connectivity index (χ3v) is 3.73. The molecule has 0 aromatic heterocycles. The van der Waals surface area contributed by atoms with Crippen LogP contribution in [0.5, 0.6) is 0 Å². The fourth-order valence-electron chi connectivity index (χ4n) is 2.75. The summed E-state index contributed by atoms with van der Waals surface area (Å²) in [6, 6.07) is 10.3. The Morgan fingerprint density at radius 1 is 1.22 bits per heavy atom. The molecule has 1 fully saturated rings. The summed E-state index contributed by atoms with van der Waals surface area (Å²) in [5, 5.41) is 10.2. The van der Waals surface area contributed by atoms with Crippen molar-refractivity contribution < 1.29 is 14.6 Å². The first-order valence-electron chi connectivity index (χ1n) is 6.62. The van der Waals surface area contributed by atoms with Crippen LogP contribution in [0.4, 0.5) is 0 Å². The van der Waals surface area contributed by atoms with Crippen LogP contribution in [-0.2, 0) is 15.9 Å². The van der Waals surface area contributed by atoms with E-state index in [1.165, 1.54) is 5.56 Å². The third-order valence-electron chi connectivity index (χ3n) is 3.73. The van der Waals surface area contributed by atoms with Gasteiger partial charge in [-0.3, -0.25) is 0 Å². The summed E-state index contributed by atoms with van der Waals surface area (Å²) in [5.74, 6) is 0.199. The Hall–Kier alpha value is -0.900. The molecule has 3 heteroatoms. The van der Waals surface area contributed by atoms with E-state index in [1.807, 2.05) is 18.2 Å². The van der Waals surface area contributed by atoms with Gasteiger partial charge in [0, 0.05) is 13.0 Å². The summed E-state index contributed by atoms with van der Waals surface area (Å²) >= 11 is 0. The maximum absolute atomic E-state index is 10.2. The number of hydrogen-bond donors (Lipinski definition) is 1. The highest BCUT2D eigenvalue weighted by Crippen LogP contribution is 2.31. The first-order chi connectivity index (χ1) is 8.76. The van der Waals surface area contributed by atoms with E-state index in [0.29, 0.717) is 6.61 Å². The van der Waals surface area contributed by atoms with Gasteiger partial charge >= 0.3 is 0 Å². The summed E-state index contributed by atoms with van der Waals surface area (Å²) in [6.45, 7) is 2.56. The molecule has 4 atom stereocenters. The number of methoxy groups -OCH3 is 1. The van der Waals surface area contributed by atoms with Crippen LogP contribution in [0.1, 0.15) is 18.9 Å². The van der Waals surface area contributed by atoms with Crippen molar-refractivity contribution in [1.29, 1.82) is 0 Å². The third kappa shape index (κ3) is 2.91. The zero-order valence-corrected chi connectivity index (χ0v) is 11.1. The lowest BCUT2D eigenvalue weighted by atomic mass is 9.90. The SMILES string of the molecule is CC[C@H]1C(Cc2ccccc2)O[C@@H](COC)[C@H]1O. The minimum Gasteiger partial charge on any atom is -0.390 e. The highest BCUT2D eigenvalue weighted by Gasteiger charge is 2.42. The number of aliphatic hydroxyl groups is 1. The van der Waals surface area contributed by atoms with Crippen molar-refractivity contribution in [2.75, 3.05) is 13.7 Å². The van der Waals surface area contributed by atoms with Crippen molar-refractivity contribution in [3.05, 3.63) is 35.9 Å². The van der Waals surface area contributed by atoms with Crippen LogP contribution in [0.15, 0.2) is 30.3 Å². The monoisotopic (exact) mass is 250 g/mol. The van der Waals surface area contributed by atoms with E-state index in [0.717, 1.165) is 12.8 Å². The minimum absolute atomic E-state index is 0.0903. The summed E-state index contributed by atoms with van der Waals surface area (Å²) in [4.78, 5) is 0. The summed E-state index contributed by atoms with van der Waals surface area (Å²) in [7, 11) is 1.64. The molecule has 1 N–H and O–H groups in total. The molecule has 3 nitrogen and oxygen atoms in total. The topological polar surface area (TPSA) is 38.7 Å². The Balaban J connectivity index is 2.03. The van der Waals surface area contributed by atoms with Gasteiger partial charge in [0.2, 0.25) is 0 Å². The van der Waals surface area contributed by atoms with E-state index in [-0.39, 0.29) is 18.1 Å². The van der Waals surface area contributed by atoms with Crippen LogP contribution in [-0.4, -0.2) is 37.1 Å². The first kappa shape index (κ1) is 13.5. The summed E-state index contributed by atoms with van der Waals surface area (Å²) in [5.41, 5.74) is 1.26. The number of benzene rings is 1. The van der Waals surface area contributed by atoms with E-state index in [4.69, 9.17) is 9.47 Å². The molecule has 0 amide bonds. The molecule has 0 saturated carbocycles. The van der Waals surface area contributed by atoms with Gasteiger partial charge < -0.3 is 14.6 Å². The number of ether oxygens (including phenoxy) is 2. The lowest BCUT2D eigenvalue weighted by molar-refractivity contribution is -0.0327. The molecule has 18 heavy (non-hydrogen) atoms. The Morgan fingerprint density at radius 2 is 1.94 bits per heavy atom. The number of rotatable bonds is 5. The molecule has 1 aromatic rings. The smallest absolute Gasteiger partial charge is 0.107 e. The molecule has 1 saturated heterocycles. The van der Waals surface area contributed by atoms with Gasteiger partial charge in [0.15, 0.2) is 0 Å². The fraction of sp³-hybridized carbons (Fsp3) is 0.600. The van der Waals surface area contributed by atoms with E-state index >= 15 is 0 Å². The highest BCUT2D eigenvalue weighted by atomic mass is 16.6. The molecule has 100 valence electrons. The van der Waals surface area contributed by atoms with E-state index in [9.17, 15) is 5.11 Å². The van der Waals surface area contributed by atoms with E-state index in [1.54, 1.807) is 7.11 Å². The van der Waals surface area contributed by atoms with Gasteiger partial charge in [0.1, 0.15) is 6.10 Å². The van der Waals surface area contributed by atoms with Crippen molar-refractivity contribution in [1.82, 2.24) is 0 Å². The van der Waals surface area contributed by atoms with E-state index in [2.05, 4.69) is 19.1 Å². The van der Waals surface area contributed by atoms with Crippen LogP contribution in [0.25, 0.3) is 0 Å². The van der Waals surface area contributed by atoms with Gasteiger partial charge in [-0.1, -0.05) is 37.3 Å². The number of hydrogen-bond acceptors (Lipinski definition) is 3. The maximum atomic E-state index is 10.2. The predicted molar refractivity (Wildman–Crippen MR) is 70.5 cm³/mol. The van der Waals surface area contributed by atoms with Gasteiger partial charge in [-0.25, -0.2) is 0 Å². The lowest BCUT2D eigenvalue weighted by Crippen LogP contribution is -2.30. The molecule has 0 radical (unpaired) electrons. The lowest BCUT2D eigenvalue weighted by Gasteiger charge is -2.18. The average Bonchev–Trinajstić information content (AvgIpc) is 2.67. The van der Waals surface area contributed by atoms with Gasteiger partial charge in [-0.2, -0.15) is 0 Å². The van der Waals surface area contributed by atoms with Crippen molar-refractivity contribution in [2.24, 2.45) is 5.92 Å². The molecular formula is C15H22O3. The molecule has 1 aliphatic heterocycles. The van der Waals surface area contributed by atoms with Gasteiger partial charge in [-0.15, -0.1) is 0 Å². The highest BCUT2D eigenvalue weighted by molar-refractivity contribution is 5.16. The molecular weight excluding hydrogens is 228 g/mol. The van der Waals surface area contributed by atoms with Gasteiger partial charge in [0.25, 0.3) is 0 Å². The normalized spacial score (nSPS) is 31.7. The van der Waals surface area contributed by atoms with E-state index < -0.39 is 6.10 Å². The Kier molecular flexibility index (Phi) is 4.75. The van der Waals surface area contributed by atoms with Crippen LogP contribution in [0.2, 0.25) is 0 Å². The molecule has 1 aromatic carbocycles. The standard InChI is InChI=1S/C15H22O3/c1-3-12-13(9-11-7-5-4-6-8-11)18-14(10-17-2)15(12)16/h4-8,12-16H,3,9-10H2,1-2H3/t12-,13?,14-,15-/m0/s1. The first-order valence-corrected chi connectivity index (χ1v) is 6.62. The largest absolute Gasteiger partial charge is 0.390 e. The Labute approximate surface area is 109 Å². The second-order valence-electron chi connectivity index (χ2n) is 4.92. The van der Waals surface area contributed by atoms with Crippen LogP contribution < -0.4 is 0 Å². The van der Waals surface area contributed by atoms with Gasteiger partial charge in [-0.05, 0) is 18.4 Å². The average molecular weight is 250 g/mol. The summed E-state index contributed by atoms with van der Waals surface area (Å²) < 4.78 is 11.0. The van der Waals surface area contributed by atoms with Crippen LogP contribution in [0, 0.1) is 5.92 Å². The zero-order valence-electron chi connectivity index (χ0n) is 11.1. The minimum atomic E-state index is -0.413. The maximum Gasteiger partial charge on any atom is 0.107 e. The van der Waals surface area contributed by atoms with Crippen LogP contribution in [0.3, 0.4) is 0 Å². The van der Waals surface area contributed by atoms with Crippen molar-refractivity contribution in [3.63, 3.8) is 0 Å². The quantitative estimate of drug-likeness (QED) is 0.869. The zero-order chi connectivity index (χ0) is 13.0. The Morgan fingerprint density at radius 3 is 2.56 bits per heavy atom. The molecule has 0 spiro atoms. The molecule has 1 heterocycles. The van der Waals surface area contributed by atoms with Crippen molar-refractivity contribution in [3.8, 4) is 0 Å². The molecule has 1 aliphatic rings. The molecule has 0 bridgehead atoms. The van der Waals surface area contributed by atoms with Crippen molar-refractivity contribution in [2.45, 2.75) is 38.1 Å². The Bertz CT molecular complexity index is 352. The van der Waals surface area contributed by atoms with Crippen molar-refractivity contribution >= 4 is 0 Å². The molecule has 0 aliphatic carbocycles. The van der Waals surface area contributed by atoms with Gasteiger partial charge in [0.05, 0.1) is 18.8 Å². The predicted octanol–water partition coefficient (Wildman–Crippen LogP) is 2.03. The number of aliphatic hydroxyl groups excluding tert-OH is 1. The molecule has 2 rings (SSSR count).